The molecule has 1 amide bonds. The predicted molar refractivity (Wildman–Crippen MR) is 71.6 cm³/mol. The summed E-state index contributed by atoms with van der Waals surface area (Å²) in [6.45, 7) is 5.55. The largest absolute Gasteiger partial charge is 0.352 e. The van der Waals surface area contributed by atoms with E-state index in [1.807, 2.05) is 0 Å². The molecule has 18 heavy (non-hydrogen) atoms. The van der Waals surface area contributed by atoms with Crippen LogP contribution in [0.15, 0.2) is 0 Å². The van der Waals surface area contributed by atoms with Gasteiger partial charge in [-0.15, -0.1) is 0 Å². The van der Waals surface area contributed by atoms with Gasteiger partial charge in [0.2, 0.25) is 15.9 Å². The Balaban J connectivity index is 2.42. The van der Waals surface area contributed by atoms with E-state index in [-0.39, 0.29) is 17.7 Å². The Labute approximate surface area is 110 Å². The molecule has 1 aliphatic rings. The highest BCUT2D eigenvalue weighted by Crippen LogP contribution is 2.24. The monoisotopic (exact) mass is 276 g/mol. The Bertz CT molecular complexity index is 381. The molecular formula is C12H24N2O3S. The molecule has 6 heteroatoms. The smallest absolute Gasteiger partial charge is 0.238 e. The molecule has 3 atom stereocenters. The highest BCUT2D eigenvalue weighted by Gasteiger charge is 2.26. The van der Waals surface area contributed by atoms with Gasteiger partial charge in [0.05, 0.1) is 11.8 Å². The Morgan fingerprint density at radius 3 is 2.56 bits per heavy atom. The quantitative estimate of drug-likeness (QED) is 0.760. The van der Waals surface area contributed by atoms with Crippen LogP contribution < -0.4 is 10.0 Å². The zero-order valence-corrected chi connectivity index (χ0v) is 12.2. The van der Waals surface area contributed by atoms with Crippen molar-refractivity contribution in [1.82, 2.24) is 10.0 Å². The summed E-state index contributed by atoms with van der Waals surface area (Å²) in [4.78, 5) is 11.8. The van der Waals surface area contributed by atoms with Gasteiger partial charge in [0.1, 0.15) is 0 Å². The summed E-state index contributed by atoms with van der Waals surface area (Å²) in [6.07, 6.45) is 3.65. The molecule has 3 unspecified atom stereocenters. The van der Waals surface area contributed by atoms with Crippen LogP contribution in [-0.4, -0.2) is 32.2 Å². The van der Waals surface area contributed by atoms with Crippen molar-refractivity contribution < 1.29 is 13.2 Å². The van der Waals surface area contributed by atoms with Gasteiger partial charge in [-0.2, -0.15) is 0 Å². The second kappa shape index (κ2) is 6.52. The third-order valence-corrected chi connectivity index (χ3v) is 4.92. The van der Waals surface area contributed by atoms with Gasteiger partial charge >= 0.3 is 0 Å². The second-order valence-electron chi connectivity index (χ2n) is 5.28. The van der Waals surface area contributed by atoms with Crippen LogP contribution in [0.25, 0.3) is 0 Å². The van der Waals surface area contributed by atoms with Gasteiger partial charge in [0.15, 0.2) is 0 Å². The summed E-state index contributed by atoms with van der Waals surface area (Å²) < 4.78 is 25.5. The van der Waals surface area contributed by atoms with Gasteiger partial charge in [-0.05, 0) is 38.5 Å². The number of sulfonamides is 1. The van der Waals surface area contributed by atoms with Crippen LogP contribution >= 0.6 is 0 Å². The number of carbonyl (C=O) groups excluding carboxylic acids is 1. The normalized spacial score (nSPS) is 25.9. The molecule has 1 rings (SSSR count). The van der Waals surface area contributed by atoms with Crippen LogP contribution in [0.2, 0.25) is 0 Å². The summed E-state index contributed by atoms with van der Waals surface area (Å²) in [5.41, 5.74) is 0. The molecule has 106 valence electrons. The van der Waals surface area contributed by atoms with Crippen molar-refractivity contribution in [3.05, 3.63) is 0 Å². The topological polar surface area (TPSA) is 75.3 Å². The maximum absolute atomic E-state index is 11.8. The van der Waals surface area contributed by atoms with Crippen LogP contribution in [0.5, 0.6) is 0 Å². The molecule has 5 nitrogen and oxygen atoms in total. The molecule has 0 aromatic carbocycles. The van der Waals surface area contributed by atoms with E-state index in [1.165, 1.54) is 0 Å². The van der Waals surface area contributed by atoms with Crippen LogP contribution in [0, 0.1) is 5.92 Å². The number of hydrogen-bond acceptors (Lipinski definition) is 3. The molecule has 0 saturated heterocycles. The summed E-state index contributed by atoms with van der Waals surface area (Å²) in [5.74, 6) is 0.474. The van der Waals surface area contributed by atoms with E-state index >= 15 is 0 Å². The van der Waals surface area contributed by atoms with Crippen LogP contribution in [0.4, 0.5) is 0 Å². The van der Waals surface area contributed by atoms with Crippen molar-refractivity contribution in [3.63, 3.8) is 0 Å². The number of nitrogens with one attached hydrogen (secondary N) is 2. The second-order valence-corrected chi connectivity index (χ2v) is 7.16. The molecule has 0 aromatic rings. The number of carbonyl (C=O) groups is 1. The summed E-state index contributed by atoms with van der Waals surface area (Å²) in [6, 6.07) is -0.497. The summed E-state index contributed by atoms with van der Waals surface area (Å²) in [7, 11) is -3.33. The molecule has 0 heterocycles. The van der Waals surface area contributed by atoms with Gasteiger partial charge in [0, 0.05) is 6.04 Å². The molecule has 0 aliphatic heterocycles. The maximum atomic E-state index is 11.8. The molecule has 0 radical (unpaired) electrons. The Morgan fingerprint density at radius 2 is 2.06 bits per heavy atom. The highest BCUT2D eigenvalue weighted by atomic mass is 32.2. The lowest BCUT2D eigenvalue weighted by Crippen LogP contribution is -2.48. The summed E-state index contributed by atoms with van der Waals surface area (Å²) in [5, 5.41) is 2.91. The minimum atomic E-state index is -3.33. The van der Waals surface area contributed by atoms with Crippen molar-refractivity contribution >= 4 is 15.9 Å². The molecule has 1 aliphatic carbocycles. The van der Waals surface area contributed by atoms with Gasteiger partial charge in [0.25, 0.3) is 0 Å². The molecular weight excluding hydrogens is 252 g/mol. The molecule has 0 aromatic heterocycles. The zero-order chi connectivity index (χ0) is 13.8. The van der Waals surface area contributed by atoms with E-state index in [4.69, 9.17) is 0 Å². The van der Waals surface area contributed by atoms with Crippen molar-refractivity contribution in [2.45, 2.75) is 58.5 Å². The van der Waals surface area contributed by atoms with E-state index in [9.17, 15) is 13.2 Å². The third kappa shape index (κ3) is 4.94. The Morgan fingerprint density at radius 1 is 1.39 bits per heavy atom. The first-order valence-corrected chi connectivity index (χ1v) is 8.29. The molecule has 0 spiro atoms. The van der Waals surface area contributed by atoms with Crippen LogP contribution in [0.1, 0.15) is 46.5 Å². The van der Waals surface area contributed by atoms with Crippen molar-refractivity contribution in [2.75, 3.05) is 5.75 Å². The predicted octanol–water partition coefficient (Wildman–Crippen LogP) is 1.01. The number of rotatable bonds is 6. The lowest BCUT2D eigenvalue weighted by Gasteiger charge is -2.17. The van der Waals surface area contributed by atoms with Gasteiger partial charge in [-0.1, -0.05) is 13.8 Å². The third-order valence-electron chi connectivity index (χ3n) is 3.26. The number of hydrogen-bond donors (Lipinski definition) is 2. The van der Waals surface area contributed by atoms with E-state index < -0.39 is 16.1 Å². The Hall–Kier alpha value is -0.620. The van der Waals surface area contributed by atoms with Crippen LogP contribution in [-0.2, 0) is 14.8 Å². The summed E-state index contributed by atoms with van der Waals surface area (Å²) >= 11 is 0. The van der Waals surface area contributed by atoms with Crippen molar-refractivity contribution in [3.8, 4) is 0 Å². The minimum Gasteiger partial charge on any atom is -0.352 e. The van der Waals surface area contributed by atoms with Crippen LogP contribution in [0.3, 0.4) is 0 Å². The highest BCUT2D eigenvalue weighted by molar-refractivity contribution is 7.89. The van der Waals surface area contributed by atoms with Crippen molar-refractivity contribution in [2.24, 2.45) is 5.92 Å². The molecule has 0 bridgehead atoms. The molecule has 2 N–H and O–H groups in total. The van der Waals surface area contributed by atoms with Gasteiger partial charge in [-0.25, -0.2) is 13.1 Å². The fraction of sp³-hybridized carbons (Fsp3) is 0.917. The first-order chi connectivity index (χ1) is 8.34. The maximum Gasteiger partial charge on any atom is 0.238 e. The fourth-order valence-electron chi connectivity index (χ4n) is 2.31. The van der Waals surface area contributed by atoms with E-state index in [0.717, 1.165) is 19.3 Å². The standard InChI is InChI=1S/C12H24N2O3S/c1-4-7-18(16,17)14-10(3)12(15)13-11-6-5-9(2)8-11/h9-11,14H,4-8H2,1-3H3,(H,13,15). The lowest BCUT2D eigenvalue weighted by molar-refractivity contribution is -0.123. The minimum absolute atomic E-state index is 0.0606. The average molecular weight is 276 g/mol. The first kappa shape index (κ1) is 15.4. The first-order valence-electron chi connectivity index (χ1n) is 6.64. The molecule has 1 fully saturated rings. The fourth-order valence-corrected chi connectivity index (χ4v) is 3.62. The van der Waals surface area contributed by atoms with Gasteiger partial charge < -0.3 is 5.32 Å². The van der Waals surface area contributed by atoms with Gasteiger partial charge in [-0.3, -0.25) is 4.79 Å². The number of amides is 1. The lowest BCUT2D eigenvalue weighted by atomic mass is 10.1. The van der Waals surface area contributed by atoms with E-state index in [0.29, 0.717) is 12.3 Å². The zero-order valence-electron chi connectivity index (χ0n) is 11.4. The van der Waals surface area contributed by atoms with E-state index in [1.54, 1.807) is 13.8 Å². The van der Waals surface area contributed by atoms with Crippen molar-refractivity contribution in [1.29, 1.82) is 0 Å². The average Bonchev–Trinajstić information content (AvgIpc) is 2.62. The Kier molecular flexibility index (Phi) is 5.59. The SMILES string of the molecule is CCCS(=O)(=O)NC(C)C(=O)NC1CCC(C)C1. The molecule has 1 saturated carbocycles. The van der Waals surface area contributed by atoms with E-state index in [2.05, 4.69) is 17.0 Å².